The molecule has 2 nitrogen and oxygen atoms in total. The molecule has 0 heterocycles. The van der Waals surface area contributed by atoms with Gasteiger partial charge in [-0.1, -0.05) is 15.9 Å². The Kier molecular flexibility index (Phi) is 3.98. The summed E-state index contributed by atoms with van der Waals surface area (Å²) in [7, 11) is 0. The fourth-order valence-electron chi connectivity index (χ4n) is 0.888. The molecule has 80 valence electrons. The summed E-state index contributed by atoms with van der Waals surface area (Å²) in [6, 6.07) is 0.932. The maximum atomic E-state index is 13.1. The topological polar surface area (TPSA) is 37.3 Å². The fraction of sp³-hybridized carbons (Fsp3) is 0. The third kappa shape index (κ3) is 2.85. The van der Waals surface area contributed by atoms with Crippen molar-refractivity contribution < 1.29 is 18.7 Å². The molecule has 1 rings (SSSR count). The van der Waals surface area contributed by atoms with E-state index in [9.17, 15) is 13.6 Å². The number of carboxylic acid groups (broad SMARTS) is 1. The molecule has 0 fully saturated rings. The van der Waals surface area contributed by atoms with Crippen LogP contribution in [0.2, 0.25) is 0 Å². The van der Waals surface area contributed by atoms with Gasteiger partial charge in [-0.3, -0.25) is 0 Å². The normalized spacial score (nSPS) is 10.9. The quantitative estimate of drug-likeness (QED) is 0.507. The fourth-order valence-corrected chi connectivity index (χ4v) is 2.22. The van der Waals surface area contributed by atoms with Crippen molar-refractivity contribution in [3.63, 3.8) is 0 Å². The first-order valence-corrected chi connectivity index (χ1v) is 5.26. The number of benzene rings is 1. The molecule has 0 saturated carbocycles. The van der Waals surface area contributed by atoms with Gasteiger partial charge in [0.25, 0.3) is 0 Å². The lowest BCUT2D eigenvalue weighted by atomic mass is 10.2. The van der Waals surface area contributed by atoms with Crippen LogP contribution >= 0.6 is 31.9 Å². The summed E-state index contributed by atoms with van der Waals surface area (Å²) >= 11 is 5.84. The maximum absolute atomic E-state index is 13.1. The number of hydrogen-bond acceptors (Lipinski definition) is 1. The van der Waals surface area contributed by atoms with Crippen LogP contribution in [0, 0.1) is 11.6 Å². The number of carboxylic acids is 1. The molecule has 0 unspecified atom stereocenters. The molecule has 0 amide bonds. The van der Waals surface area contributed by atoms with Crippen LogP contribution in [-0.4, -0.2) is 11.1 Å². The van der Waals surface area contributed by atoms with E-state index in [4.69, 9.17) is 5.11 Å². The van der Waals surface area contributed by atoms with Crippen LogP contribution in [0.15, 0.2) is 21.1 Å². The van der Waals surface area contributed by atoms with Crippen LogP contribution < -0.4 is 0 Å². The SMILES string of the molecule is O=C(O)/C=C/c1c(Br)cc(F)c(F)c1Br. The predicted molar refractivity (Wildman–Crippen MR) is 58.4 cm³/mol. The van der Waals surface area contributed by atoms with Gasteiger partial charge in [0.05, 0.1) is 4.47 Å². The summed E-state index contributed by atoms with van der Waals surface area (Å²) < 4.78 is 26.1. The molecule has 0 atom stereocenters. The zero-order chi connectivity index (χ0) is 11.6. The lowest BCUT2D eigenvalue weighted by Gasteiger charge is -2.04. The summed E-state index contributed by atoms with van der Waals surface area (Å²) in [5.41, 5.74) is 0.233. The standard InChI is InChI=1S/C9H4Br2F2O2/c10-5-3-6(12)9(13)8(11)4(5)1-2-7(14)15/h1-3H,(H,14,15)/b2-1+. The van der Waals surface area contributed by atoms with E-state index < -0.39 is 17.6 Å². The van der Waals surface area contributed by atoms with Gasteiger partial charge in [0.2, 0.25) is 0 Å². The Hall–Kier alpha value is -0.750. The molecule has 0 aliphatic rings. The Bertz CT molecular complexity index is 444. The molecule has 0 aromatic heterocycles. The predicted octanol–water partition coefficient (Wildman–Crippen LogP) is 3.59. The molecular formula is C9H4Br2F2O2. The molecule has 0 aliphatic heterocycles. The van der Waals surface area contributed by atoms with Gasteiger partial charge in [0.1, 0.15) is 0 Å². The van der Waals surface area contributed by atoms with E-state index in [1.165, 1.54) is 6.08 Å². The smallest absolute Gasteiger partial charge is 0.328 e. The number of hydrogen-bond donors (Lipinski definition) is 1. The lowest BCUT2D eigenvalue weighted by Crippen LogP contribution is -1.92. The largest absolute Gasteiger partial charge is 0.478 e. The first-order chi connectivity index (χ1) is 6.93. The van der Waals surface area contributed by atoms with Crippen LogP contribution in [0.5, 0.6) is 0 Å². The third-order valence-electron chi connectivity index (χ3n) is 1.54. The van der Waals surface area contributed by atoms with Crippen molar-refractivity contribution in [2.45, 2.75) is 0 Å². The van der Waals surface area contributed by atoms with Gasteiger partial charge < -0.3 is 5.11 Å². The van der Waals surface area contributed by atoms with E-state index in [0.29, 0.717) is 0 Å². The average molecular weight is 342 g/mol. The van der Waals surface area contributed by atoms with Gasteiger partial charge in [0, 0.05) is 16.1 Å². The van der Waals surface area contributed by atoms with E-state index >= 15 is 0 Å². The minimum absolute atomic E-state index is 0.119. The van der Waals surface area contributed by atoms with Crippen molar-refractivity contribution in [3.05, 3.63) is 38.3 Å². The van der Waals surface area contributed by atoms with Crippen molar-refractivity contribution in [1.29, 1.82) is 0 Å². The van der Waals surface area contributed by atoms with Crippen LogP contribution in [0.4, 0.5) is 8.78 Å². The van der Waals surface area contributed by atoms with Crippen LogP contribution in [0.1, 0.15) is 5.56 Å². The lowest BCUT2D eigenvalue weighted by molar-refractivity contribution is -0.131. The van der Waals surface area contributed by atoms with Crippen molar-refractivity contribution in [3.8, 4) is 0 Å². The minimum atomic E-state index is -1.17. The van der Waals surface area contributed by atoms with Crippen molar-refractivity contribution in [2.75, 3.05) is 0 Å². The second-order valence-electron chi connectivity index (χ2n) is 2.55. The summed E-state index contributed by atoms with van der Waals surface area (Å²) in [5, 5.41) is 8.40. The number of rotatable bonds is 2. The molecule has 1 N–H and O–H groups in total. The van der Waals surface area contributed by atoms with Crippen LogP contribution in [-0.2, 0) is 4.79 Å². The molecule has 0 bridgehead atoms. The van der Waals surface area contributed by atoms with Gasteiger partial charge in [-0.2, -0.15) is 0 Å². The van der Waals surface area contributed by atoms with Gasteiger partial charge >= 0.3 is 5.97 Å². The summed E-state index contributed by atoms with van der Waals surface area (Å²) in [6.45, 7) is 0. The molecule has 1 aromatic rings. The first-order valence-electron chi connectivity index (χ1n) is 3.67. The molecule has 0 spiro atoms. The Labute approximate surface area is 101 Å². The number of carbonyl (C=O) groups is 1. The molecule has 0 saturated heterocycles. The van der Waals surface area contributed by atoms with Crippen molar-refractivity contribution >= 4 is 43.9 Å². The highest BCUT2D eigenvalue weighted by Gasteiger charge is 2.13. The second-order valence-corrected chi connectivity index (χ2v) is 4.20. The summed E-state index contributed by atoms with van der Waals surface area (Å²) in [6.07, 6.45) is 2.00. The zero-order valence-electron chi connectivity index (χ0n) is 7.10. The molecule has 15 heavy (non-hydrogen) atoms. The first kappa shape index (κ1) is 12.3. The Morgan fingerprint density at radius 2 is 2.00 bits per heavy atom. The zero-order valence-corrected chi connectivity index (χ0v) is 10.3. The highest BCUT2D eigenvalue weighted by molar-refractivity contribution is 9.11. The Morgan fingerprint density at radius 1 is 1.40 bits per heavy atom. The Balaban J connectivity index is 3.30. The van der Waals surface area contributed by atoms with E-state index in [1.807, 2.05) is 0 Å². The van der Waals surface area contributed by atoms with Gasteiger partial charge in [-0.25, -0.2) is 13.6 Å². The molecule has 6 heteroatoms. The van der Waals surface area contributed by atoms with Gasteiger partial charge in [-0.15, -0.1) is 0 Å². The maximum Gasteiger partial charge on any atom is 0.328 e. The minimum Gasteiger partial charge on any atom is -0.478 e. The van der Waals surface area contributed by atoms with Crippen LogP contribution in [0.25, 0.3) is 6.08 Å². The van der Waals surface area contributed by atoms with E-state index in [0.717, 1.165) is 12.1 Å². The van der Waals surface area contributed by atoms with E-state index in [1.54, 1.807) is 0 Å². The van der Waals surface area contributed by atoms with Crippen molar-refractivity contribution in [2.24, 2.45) is 0 Å². The highest BCUT2D eigenvalue weighted by atomic mass is 79.9. The third-order valence-corrected chi connectivity index (χ3v) is 2.97. The molecule has 0 aliphatic carbocycles. The van der Waals surface area contributed by atoms with Crippen molar-refractivity contribution in [1.82, 2.24) is 0 Å². The molecule has 1 aromatic carbocycles. The van der Waals surface area contributed by atoms with Crippen LogP contribution in [0.3, 0.4) is 0 Å². The summed E-state index contributed by atoms with van der Waals surface area (Å²) in [5.74, 6) is -3.23. The molecular weight excluding hydrogens is 338 g/mol. The summed E-state index contributed by atoms with van der Waals surface area (Å²) in [4.78, 5) is 10.3. The van der Waals surface area contributed by atoms with E-state index in [2.05, 4.69) is 31.9 Å². The number of aliphatic carboxylic acids is 1. The monoisotopic (exact) mass is 340 g/mol. The second kappa shape index (κ2) is 4.85. The highest BCUT2D eigenvalue weighted by Crippen LogP contribution is 2.31. The van der Waals surface area contributed by atoms with Gasteiger partial charge in [-0.05, 0) is 28.1 Å². The Morgan fingerprint density at radius 3 is 2.53 bits per heavy atom. The van der Waals surface area contributed by atoms with E-state index in [-0.39, 0.29) is 14.5 Å². The number of halogens is 4. The molecule has 0 radical (unpaired) electrons. The van der Waals surface area contributed by atoms with Gasteiger partial charge in [0.15, 0.2) is 11.6 Å². The average Bonchev–Trinajstić information content (AvgIpc) is 2.14.